The number of hydrogen-bond donors (Lipinski definition) is 2. The Bertz CT molecular complexity index is 679. The molecule has 0 fully saturated rings. The summed E-state index contributed by atoms with van der Waals surface area (Å²) in [7, 11) is 1.50. The standard InChI is InChI=1S/C16H19N3O4/c1-11-3-5-12(6-4-11)13-9-14(18-17-13)16(22)19(7-8-23-2)10-15(20)21/h3-6,9H,7-8,10H2,1-2H3,(H,17,18)(H,20,21). The van der Waals surface area contributed by atoms with Gasteiger partial charge in [0.05, 0.1) is 12.3 Å². The van der Waals surface area contributed by atoms with Crippen LogP contribution in [0.1, 0.15) is 16.1 Å². The van der Waals surface area contributed by atoms with Gasteiger partial charge in [0.25, 0.3) is 5.91 Å². The fourth-order valence-corrected chi connectivity index (χ4v) is 2.09. The van der Waals surface area contributed by atoms with Crippen LogP contribution in [0.4, 0.5) is 0 Å². The van der Waals surface area contributed by atoms with Gasteiger partial charge in [-0.25, -0.2) is 0 Å². The molecule has 0 aliphatic rings. The number of carbonyl (C=O) groups excluding carboxylic acids is 1. The molecule has 0 bridgehead atoms. The van der Waals surface area contributed by atoms with Crippen molar-refractivity contribution in [2.75, 3.05) is 26.8 Å². The van der Waals surface area contributed by atoms with E-state index in [0.29, 0.717) is 5.69 Å². The molecule has 2 aromatic rings. The van der Waals surface area contributed by atoms with Gasteiger partial charge in [0, 0.05) is 19.2 Å². The molecule has 7 nitrogen and oxygen atoms in total. The average molecular weight is 317 g/mol. The Morgan fingerprint density at radius 3 is 2.61 bits per heavy atom. The minimum Gasteiger partial charge on any atom is -0.480 e. The third-order valence-corrected chi connectivity index (χ3v) is 3.33. The number of nitrogens with zero attached hydrogens (tertiary/aromatic N) is 2. The lowest BCUT2D eigenvalue weighted by atomic mass is 10.1. The number of aliphatic carboxylic acids is 1. The Labute approximate surface area is 133 Å². The second kappa shape index (κ2) is 7.55. The number of benzene rings is 1. The number of rotatable bonds is 7. The normalized spacial score (nSPS) is 10.5. The number of H-pyrrole nitrogens is 1. The quantitative estimate of drug-likeness (QED) is 0.808. The number of nitrogens with one attached hydrogen (secondary N) is 1. The van der Waals surface area contributed by atoms with E-state index in [-0.39, 0.29) is 25.4 Å². The van der Waals surface area contributed by atoms with Crippen LogP contribution in [-0.2, 0) is 9.53 Å². The first kappa shape index (κ1) is 16.7. The van der Waals surface area contributed by atoms with Crippen LogP contribution in [0.25, 0.3) is 11.3 Å². The Morgan fingerprint density at radius 1 is 1.30 bits per heavy atom. The summed E-state index contributed by atoms with van der Waals surface area (Å²) in [6.07, 6.45) is 0. The van der Waals surface area contributed by atoms with Crippen molar-refractivity contribution in [3.8, 4) is 11.3 Å². The molecular weight excluding hydrogens is 298 g/mol. The lowest BCUT2D eigenvalue weighted by molar-refractivity contribution is -0.137. The van der Waals surface area contributed by atoms with Gasteiger partial charge in [-0.1, -0.05) is 29.8 Å². The number of aromatic nitrogens is 2. The molecule has 0 aliphatic carbocycles. The Hall–Kier alpha value is -2.67. The predicted molar refractivity (Wildman–Crippen MR) is 84.2 cm³/mol. The minimum absolute atomic E-state index is 0.195. The summed E-state index contributed by atoms with van der Waals surface area (Å²) >= 11 is 0. The lowest BCUT2D eigenvalue weighted by Gasteiger charge is -2.19. The summed E-state index contributed by atoms with van der Waals surface area (Å²) in [5.41, 5.74) is 2.90. The summed E-state index contributed by atoms with van der Waals surface area (Å²) in [5.74, 6) is -1.50. The molecule has 1 aromatic carbocycles. The van der Waals surface area contributed by atoms with E-state index in [1.165, 1.54) is 12.0 Å². The summed E-state index contributed by atoms with van der Waals surface area (Å²) in [6, 6.07) is 9.37. The van der Waals surface area contributed by atoms with Gasteiger partial charge in [0.1, 0.15) is 12.2 Å². The first-order valence-electron chi connectivity index (χ1n) is 7.13. The molecule has 0 aliphatic heterocycles. The number of aryl methyl sites for hydroxylation is 1. The number of carbonyl (C=O) groups is 2. The fourth-order valence-electron chi connectivity index (χ4n) is 2.09. The monoisotopic (exact) mass is 317 g/mol. The largest absolute Gasteiger partial charge is 0.480 e. The van der Waals surface area contributed by atoms with Crippen molar-refractivity contribution in [2.45, 2.75) is 6.92 Å². The number of hydrogen-bond acceptors (Lipinski definition) is 4. The Kier molecular flexibility index (Phi) is 5.48. The summed E-state index contributed by atoms with van der Waals surface area (Å²) in [5, 5.41) is 15.7. The van der Waals surface area contributed by atoms with Gasteiger partial charge in [0.2, 0.25) is 0 Å². The van der Waals surface area contributed by atoms with Gasteiger partial charge in [0.15, 0.2) is 0 Å². The van der Waals surface area contributed by atoms with Crippen molar-refractivity contribution in [3.05, 3.63) is 41.6 Å². The first-order valence-corrected chi connectivity index (χ1v) is 7.13. The van der Waals surface area contributed by atoms with Crippen LogP contribution in [0.2, 0.25) is 0 Å². The molecule has 1 heterocycles. The maximum atomic E-state index is 12.4. The highest BCUT2D eigenvalue weighted by Crippen LogP contribution is 2.18. The van der Waals surface area contributed by atoms with Crippen LogP contribution >= 0.6 is 0 Å². The van der Waals surface area contributed by atoms with Crippen molar-refractivity contribution < 1.29 is 19.4 Å². The van der Waals surface area contributed by atoms with Crippen LogP contribution in [-0.4, -0.2) is 58.9 Å². The zero-order chi connectivity index (χ0) is 16.8. The highest BCUT2D eigenvalue weighted by Gasteiger charge is 2.20. The van der Waals surface area contributed by atoms with Crippen molar-refractivity contribution in [1.29, 1.82) is 0 Å². The Morgan fingerprint density at radius 2 is 2.00 bits per heavy atom. The van der Waals surface area contributed by atoms with E-state index in [0.717, 1.165) is 11.1 Å². The molecule has 0 unspecified atom stereocenters. The predicted octanol–water partition coefficient (Wildman–Crippen LogP) is 1.56. The van der Waals surface area contributed by atoms with Crippen molar-refractivity contribution >= 4 is 11.9 Å². The molecule has 1 amide bonds. The van der Waals surface area contributed by atoms with Crippen molar-refractivity contribution in [2.24, 2.45) is 0 Å². The number of carboxylic acid groups (broad SMARTS) is 1. The van der Waals surface area contributed by atoms with E-state index in [1.54, 1.807) is 6.07 Å². The van der Waals surface area contributed by atoms with Gasteiger partial charge < -0.3 is 14.7 Å². The number of amides is 1. The molecule has 0 atom stereocenters. The van der Waals surface area contributed by atoms with Crippen LogP contribution in [0.15, 0.2) is 30.3 Å². The second-order valence-electron chi connectivity index (χ2n) is 5.15. The molecular formula is C16H19N3O4. The van der Waals surface area contributed by atoms with Gasteiger partial charge >= 0.3 is 5.97 Å². The molecule has 0 radical (unpaired) electrons. The fraction of sp³-hybridized carbons (Fsp3) is 0.312. The number of carboxylic acids is 1. The molecule has 23 heavy (non-hydrogen) atoms. The summed E-state index contributed by atoms with van der Waals surface area (Å²) in [4.78, 5) is 24.5. The van der Waals surface area contributed by atoms with E-state index < -0.39 is 11.9 Å². The Balaban J connectivity index is 2.17. The van der Waals surface area contributed by atoms with E-state index in [1.807, 2.05) is 31.2 Å². The smallest absolute Gasteiger partial charge is 0.323 e. The number of aromatic amines is 1. The van der Waals surface area contributed by atoms with E-state index in [2.05, 4.69) is 10.2 Å². The van der Waals surface area contributed by atoms with E-state index in [9.17, 15) is 9.59 Å². The van der Waals surface area contributed by atoms with Crippen LogP contribution in [0.3, 0.4) is 0 Å². The molecule has 0 saturated carbocycles. The molecule has 122 valence electrons. The van der Waals surface area contributed by atoms with Crippen LogP contribution < -0.4 is 0 Å². The minimum atomic E-state index is -1.08. The zero-order valence-corrected chi connectivity index (χ0v) is 13.1. The number of methoxy groups -OCH3 is 1. The van der Waals surface area contributed by atoms with Gasteiger partial charge in [-0.3, -0.25) is 14.7 Å². The topological polar surface area (TPSA) is 95.5 Å². The van der Waals surface area contributed by atoms with E-state index >= 15 is 0 Å². The molecule has 1 aromatic heterocycles. The van der Waals surface area contributed by atoms with Crippen molar-refractivity contribution in [1.82, 2.24) is 15.1 Å². The summed E-state index contributed by atoms with van der Waals surface area (Å²) in [6.45, 7) is 2.06. The molecule has 2 rings (SSSR count). The second-order valence-corrected chi connectivity index (χ2v) is 5.15. The highest BCUT2D eigenvalue weighted by atomic mass is 16.5. The SMILES string of the molecule is COCCN(CC(=O)O)C(=O)c1cc(-c2ccc(C)cc2)n[nH]1. The maximum Gasteiger partial charge on any atom is 0.323 e. The molecule has 0 saturated heterocycles. The lowest BCUT2D eigenvalue weighted by Crippen LogP contribution is -2.38. The zero-order valence-electron chi connectivity index (χ0n) is 13.1. The summed E-state index contributed by atoms with van der Waals surface area (Å²) < 4.78 is 4.91. The van der Waals surface area contributed by atoms with Gasteiger partial charge in [-0.15, -0.1) is 0 Å². The van der Waals surface area contributed by atoms with Gasteiger partial charge in [-0.05, 0) is 13.0 Å². The van der Waals surface area contributed by atoms with Gasteiger partial charge in [-0.2, -0.15) is 5.10 Å². The van der Waals surface area contributed by atoms with Crippen LogP contribution in [0, 0.1) is 6.92 Å². The maximum absolute atomic E-state index is 12.4. The van der Waals surface area contributed by atoms with Crippen LogP contribution in [0.5, 0.6) is 0 Å². The third kappa shape index (κ3) is 4.40. The number of ether oxygens (including phenoxy) is 1. The molecule has 7 heteroatoms. The average Bonchev–Trinajstić information content (AvgIpc) is 3.01. The van der Waals surface area contributed by atoms with E-state index in [4.69, 9.17) is 9.84 Å². The van der Waals surface area contributed by atoms with Crippen molar-refractivity contribution in [3.63, 3.8) is 0 Å². The molecule has 0 spiro atoms. The first-order chi connectivity index (χ1) is 11.0. The molecule has 2 N–H and O–H groups in total. The third-order valence-electron chi connectivity index (χ3n) is 3.33. The highest BCUT2D eigenvalue weighted by molar-refractivity contribution is 5.95.